The van der Waals surface area contributed by atoms with Gasteiger partial charge in [-0.15, -0.1) is 11.3 Å². The molecular weight excluding hydrogens is 216 g/mol. The van der Waals surface area contributed by atoms with Crippen molar-refractivity contribution in [2.24, 2.45) is 0 Å². The van der Waals surface area contributed by atoms with E-state index in [-0.39, 0.29) is 0 Å². The summed E-state index contributed by atoms with van der Waals surface area (Å²) in [6.45, 7) is 0. The lowest BCUT2D eigenvalue weighted by Gasteiger charge is -2.12. The number of nitrogens with zero attached hydrogens (tertiary/aromatic N) is 1. The Bertz CT molecular complexity index is 502. The van der Waals surface area contributed by atoms with Crippen molar-refractivity contribution >= 4 is 16.3 Å². The molecule has 0 aromatic carbocycles. The number of rotatable bonds is 1. The molecule has 3 rings (SSSR count). The summed E-state index contributed by atoms with van der Waals surface area (Å²) < 4.78 is 0. The molecule has 0 amide bonds. The van der Waals surface area contributed by atoms with Crippen LogP contribution in [0.2, 0.25) is 0 Å². The normalized spacial score (nSPS) is 14.8. The van der Waals surface area contributed by atoms with E-state index in [0.29, 0.717) is 0 Å². The van der Waals surface area contributed by atoms with Crippen molar-refractivity contribution in [3.8, 4) is 11.1 Å². The Morgan fingerprint density at radius 1 is 1.12 bits per heavy atom. The first-order valence-corrected chi connectivity index (χ1v) is 6.48. The summed E-state index contributed by atoms with van der Waals surface area (Å²) in [5, 5.41) is 0.970. The molecule has 0 unspecified atom stereocenters. The van der Waals surface area contributed by atoms with Crippen molar-refractivity contribution in [2.75, 3.05) is 5.73 Å². The summed E-state index contributed by atoms with van der Waals surface area (Å²) >= 11 is 1.77. The summed E-state index contributed by atoms with van der Waals surface area (Å²) in [6.07, 6.45) is 8.66. The SMILES string of the molecule is Nc1sc2c(c1-c1ccncc1)CCCC2. The van der Waals surface area contributed by atoms with E-state index in [0.717, 1.165) is 5.00 Å². The van der Waals surface area contributed by atoms with Crippen LogP contribution >= 0.6 is 11.3 Å². The molecule has 0 bridgehead atoms. The van der Waals surface area contributed by atoms with Crippen LogP contribution in [0.1, 0.15) is 23.3 Å². The second-order valence-corrected chi connectivity index (χ2v) is 5.32. The van der Waals surface area contributed by atoms with Gasteiger partial charge in [0.1, 0.15) is 0 Å². The lowest BCUT2D eigenvalue weighted by Crippen LogP contribution is -1.99. The number of nitrogen functional groups attached to an aromatic ring is 1. The van der Waals surface area contributed by atoms with Gasteiger partial charge in [0.25, 0.3) is 0 Å². The maximum Gasteiger partial charge on any atom is 0.0941 e. The number of nitrogens with two attached hydrogens (primary N) is 1. The first-order valence-electron chi connectivity index (χ1n) is 5.66. The van der Waals surface area contributed by atoms with Gasteiger partial charge in [-0.05, 0) is 48.9 Å². The summed E-state index contributed by atoms with van der Waals surface area (Å²) in [6, 6.07) is 4.10. The smallest absolute Gasteiger partial charge is 0.0941 e. The number of pyridine rings is 1. The van der Waals surface area contributed by atoms with Crippen LogP contribution in [0.4, 0.5) is 5.00 Å². The van der Waals surface area contributed by atoms with Gasteiger partial charge in [0, 0.05) is 22.8 Å². The van der Waals surface area contributed by atoms with E-state index in [1.807, 2.05) is 24.5 Å². The van der Waals surface area contributed by atoms with Gasteiger partial charge in [0.2, 0.25) is 0 Å². The molecule has 2 N–H and O–H groups in total. The van der Waals surface area contributed by atoms with Crippen molar-refractivity contribution in [3.05, 3.63) is 35.0 Å². The van der Waals surface area contributed by atoms with Crippen LogP contribution in [0, 0.1) is 0 Å². The predicted molar refractivity (Wildman–Crippen MR) is 68.6 cm³/mol. The van der Waals surface area contributed by atoms with Gasteiger partial charge in [-0.3, -0.25) is 4.98 Å². The molecule has 0 saturated carbocycles. The van der Waals surface area contributed by atoms with Gasteiger partial charge < -0.3 is 5.73 Å². The standard InChI is InChI=1S/C13H14N2S/c14-13-12(9-5-7-15-8-6-9)10-3-1-2-4-11(10)16-13/h5-8H,1-4,14H2. The molecule has 2 nitrogen and oxygen atoms in total. The molecule has 82 valence electrons. The number of hydrogen-bond acceptors (Lipinski definition) is 3. The predicted octanol–water partition coefficient (Wildman–Crippen LogP) is 3.27. The number of aromatic nitrogens is 1. The van der Waals surface area contributed by atoms with E-state index in [1.54, 1.807) is 11.3 Å². The molecular formula is C13H14N2S. The van der Waals surface area contributed by atoms with Crippen LogP contribution in [0.25, 0.3) is 11.1 Å². The maximum atomic E-state index is 6.15. The molecule has 1 aliphatic rings. The minimum absolute atomic E-state index is 0.970. The van der Waals surface area contributed by atoms with Crippen molar-refractivity contribution in [3.63, 3.8) is 0 Å². The molecule has 2 aromatic rings. The Morgan fingerprint density at radius 3 is 2.69 bits per heavy atom. The van der Waals surface area contributed by atoms with Crippen LogP contribution in [-0.4, -0.2) is 4.98 Å². The highest BCUT2D eigenvalue weighted by atomic mass is 32.1. The summed E-state index contributed by atoms with van der Waals surface area (Å²) in [7, 11) is 0. The number of thiophene rings is 1. The zero-order valence-electron chi connectivity index (χ0n) is 9.07. The van der Waals surface area contributed by atoms with E-state index >= 15 is 0 Å². The maximum absolute atomic E-state index is 6.15. The van der Waals surface area contributed by atoms with E-state index in [2.05, 4.69) is 4.98 Å². The van der Waals surface area contributed by atoms with Crippen molar-refractivity contribution in [1.82, 2.24) is 4.98 Å². The zero-order chi connectivity index (χ0) is 11.0. The van der Waals surface area contributed by atoms with Gasteiger partial charge in [-0.1, -0.05) is 0 Å². The first kappa shape index (κ1) is 9.85. The third-order valence-corrected chi connectivity index (χ3v) is 4.29. The van der Waals surface area contributed by atoms with E-state index in [1.165, 1.54) is 47.3 Å². The highest BCUT2D eigenvalue weighted by molar-refractivity contribution is 7.16. The zero-order valence-corrected chi connectivity index (χ0v) is 9.89. The summed E-state index contributed by atoms with van der Waals surface area (Å²) in [5.74, 6) is 0. The van der Waals surface area contributed by atoms with E-state index in [4.69, 9.17) is 5.73 Å². The van der Waals surface area contributed by atoms with E-state index < -0.39 is 0 Å². The van der Waals surface area contributed by atoms with Crippen LogP contribution in [0.15, 0.2) is 24.5 Å². The van der Waals surface area contributed by atoms with E-state index in [9.17, 15) is 0 Å². The second-order valence-electron chi connectivity index (χ2n) is 4.19. The molecule has 2 aromatic heterocycles. The molecule has 0 spiro atoms. The topological polar surface area (TPSA) is 38.9 Å². The average Bonchev–Trinajstić information content (AvgIpc) is 2.66. The Morgan fingerprint density at radius 2 is 1.88 bits per heavy atom. The molecule has 0 aliphatic heterocycles. The number of fused-ring (bicyclic) bond motifs is 1. The molecule has 0 atom stereocenters. The number of anilines is 1. The molecule has 0 saturated heterocycles. The van der Waals surface area contributed by atoms with Crippen LogP contribution in [0.3, 0.4) is 0 Å². The number of aryl methyl sites for hydroxylation is 1. The van der Waals surface area contributed by atoms with Crippen LogP contribution in [-0.2, 0) is 12.8 Å². The third kappa shape index (κ3) is 1.52. The Labute approximate surface area is 99.1 Å². The highest BCUT2D eigenvalue weighted by Gasteiger charge is 2.19. The number of hydrogen-bond donors (Lipinski definition) is 1. The van der Waals surface area contributed by atoms with Gasteiger partial charge in [0.05, 0.1) is 5.00 Å². The summed E-state index contributed by atoms with van der Waals surface area (Å²) in [4.78, 5) is 5.56. The second kappa shape index (κ2) is 3.91. The van der Waals surface area contributed by atoms with Crippen molar-refractivity contribution < 1.29 is 0 Å². The molecule has 0 radical (unpaired) electrons. The molecule has 2 heterocycles. The fourth-order valence-electron chi connectivity index (χ4n) is 2.42. The minimum atomic E-state index is 0.970. The molecule has 0 fully saturated rings. The molecule has 16 heavy (non-hydrogen) atoms. The van der Waals surface area contributed by atoms with Crippen LogP contribution < -0.4 is 5.73 Å². The quantitative estimate of drug-likeness (QED) is 0.816. The lowest BCUT2D eigenvalue weighted by molar-refractivity contribution is 0.698. The van der Waals surface area contributed by atoms with Gasteiger partial charge >= 0.3 is 0 Å². The van der Waals surface area contributed by atoms with Gasteiger partial charge in [-0.2, -0.15) is 0 Å². The Balaban J connectivity index is 2.17. The average molecular weight is 230 g/mol. The fraction of sp³-hybridized carbons (Fsp3) is 0.308. The van der Waals surface area contributed by atoms with Crippen molar-refractivity contribution in [2.45, 2.75) is 25.7 Å². The van der Waals surface area contributed by atoms with Crippen molar-refractivity contribution in [1.29, 1.82) is 0 Å². The van der Waals surface area contributed by atoms with Gasteiger partial charge in [0.15, 0.2) is 0 Å². The minimum Gasteiger partial charge on any atom is -0.390 e. The monoisotopic (exact) mass is 230 g/mol. The fourth-order valence-corrected chi connectivity index (χ4v) is 3.60. The molecule has 1 aliphatic carbocycles. The first-order chi connectivity index (χ1) is 7.86. The Hall–Kier alpha value is -1.35. The molecule has 3 heteroatoms. The van der Waals surface area contributed by atoms with Gasteiger partial charge in [-0.25, -0.2) is 0 Å². The summed E-state index contributed by atoms with van der Waals surface area (Å²) in [5.41, 5.74) is 10.1. The largest absolute Gasteiger partial charge is 0.390 e. The Kier molecular flexibility index (Phi) is 2.40. The van der Waals surface area contributed by atoms with Crippen LogP contribution in [0.5, 0.6) is 0 Å². The highest BCUT2D eigenvalue weighted by Crippen LogP contribution is 2.42. The third-order valence-electron chi connectivity index (χ3n) is 3.17. The lowest BCUT2D eigenvalue weighted by atomic mass is 9.93.